The molecule has 6 heteroatoms. The number of benzene rings is 1. The van der Waals surface area contributed by atoms with Crippen LogP contribution in [-0.2, 0) is 7.05 Å². The number of carbonyl (C=O) groups is 1. The lowest BCUT2D eigenvalue weighted by atomic mass is 10.1. The highest BCUT2D eigenvalue weighted by molar-refractivity contribution is 5.97. The highest BCUT2D eigenvalue weighted by Crippen LogP contribution is 2.25. The number of hydrogen-bond donors (Lipinski definition) is 3. The molecular weight excluding hydrogens is 220 g/mol. The molecule has 4 N–H and O–H groups in total. The Morgan fingerprint density at radius 1 is 1.47 bits per heavy atom. The van der Waals surface area contributed by atoms with Gasteiger partial charge in [-0.05, 0) is 12.1 Å². The molecule has 0 bridgehead atoms. The molecule has 2 aromatic rings. The number of nitrogens with zero attached hydrogens (tertiary/aromatic N) is 2. The van der Waals surface area contributed by atoms with Crippen LogP contribution >= 0.6 is 0 Å². The lowest BCUT2D eigenvalue weighted by molar-refractivity contribution is 0.0698. The summed E-state index contributed by atoms with van der Waals surface area (Å²) >= 11 is 0. The van der Waals surface area contributed by atoms with Gasteiger partial charge in [0.1, 0.15) is 0 Å². The standard InChI is InChI=1S/C11H12N4O2/c1-15-6-5-9(14-15)13-8-4-2-3-7(10(8)12)11(16)17/h2-6H,12H2,1H3,(H,13,14)(H,16,17). The second kappa shape index (κ2) is 4.17. The van der Waals surface area contributed by atoms with Crippen LogP contribution in [0.1, 0.15) is 10.4 Å². The van der Waals surface area contributed by atoms with Crippen LogP contribution in [0, 0.1) is 0 Å². The van der Waals surface area contributed by atoms with Gasteiger partial charge in [0.2, 0.25) is 0 Å². The van der Waals surface area contributed by atoms with E-state index in [0.717, 1.165) is 0 Å². The summed E-state index contributed by atoms with van der Waals surface area (Å²) in [5, 5.41) is 16.0. The van der Waals surface area contributed by atoms with Gasteiger partial charge >= 0.3 is 5.97 Å². The molecule has 0 aliphatic heterocycles. The van der Waals surface area contributed by atoms with Crippen LogP contribution in [0.4, 0.5) is 17.2 Å². The highest BCUT2D eigenvalue weighted by Gasteiger charge is 2.11. The summed E-state index contributed by atoms with van der Waals surface area (Å²) in [5.41, 5.74) is 6.57. The van der Waals surface area contributed by atoms with Crippen LogP contribution < -0.4 is 11.1 Å². The van der Waals surface area contributed by atoms with Crippen LogP contribution in [0.3, 0.4) is 0 Å². The van der Waals surface area contributed by atoms with Crippen molar-refractivity contribution in [2.24, 2.45) is 7.05 Å². The van der Waals surface area contributed by atoms with E-state index in [-0.39, 0.29) is 11.3 Å². The number of nitrogen functional groups attached to an aromatic ring is 1. The summed E-state index contributed by atoms with van der Waals surface area (Å²) < 4.78 is 1.64. The normalized spacial score (nSPS) is 10.2. The second-order valence-corrected chi connectivity index (χ2v) is 3.57. The van der Waals surface area contributed by atoms with Crippen molar-refractivity contribution in [2.45, 2.75) is 0 Å². The van der Waals surface area contributed by atoms with E-state index in [0.29, 0.717) is 11.5 Å². The van der Waals surface area contributed by atoms with Gasteiger partial charge in [-0.15, -0.1) is 0 Å². The first-order chi connectivity index (χ1) is 8.08. The number of rotatable bonds is 3. The van der Waals surface area contributed by atoms with Gasteiger partial charge in [-0.1, -0.05) is 6.07 Å². The van der Waals surface area contributed by atoms with E-state index in [9.17, 15) is 4.79 Å². The van der Waals surface area contributed by atoms with E-state index in [1.54, 1.807) is 36.1 Å². The first kappa shape index (κ1) is 11.0. The summed E-state index contributed by atoms with van der Waals surface area (Å²) in [6, 6.07) is 6.57. The molecule has 0 spiro atoms. The minimum absolute atomic E-state index is 0.0749. The minimum atomic E-state index is -1.05. The fourth-order valence-electron chi connectivity index (χ4n) is 1.48. The smallest absolute Gasteiger partial charge is 0.337 e. The molecule has 6 nitrogen and oxygen atoms in total. The Morgan fingerprint density at radius 3 is 2.82 bits per heavy atom. The third kappa shape index (κ3) is 2.20. The Labute approximate surface area is 97.7 Å². The Bertz CT molecular complexity index is 562. The van der Waals surface area contributed by atoms with Crippen molar-refractivity contribution in [3.05, 3.63) is 36.0 Å². The van der Waals surface area contributed by atoms with Gasteiger partial charge in [-0.2, -0.15) is 5.10 Å². The van der Waals surface area contributed by atoms with Crippen molar-refractivity contribution >= 4 is 23.2 Å². The Morgan fingerprint density at radius 2 is 2.24 bits per heavy atom. The SMILES string of the molecule is Cn1ccc(Nc2cccc(C(=O)O)c2N)n1. The number of aromatic carboxylic acids is 1. The van der Waals surface area contributed by atoms with Crippen molar-refractivity contribution in [1.29, 1.82) is 0 Å². The van der Waals surface area contributed by atoms with E-state index >= 15 is 0 Å². The summed E-state index contributed by atoms with van der Waals surface area (Å²) in [5.74, 6) is -0.436. The molecule has 0 saturated heterocycles. The van der Waals surface area contributed by atoms with Crippen LogP contribution in [0.25, 0.3) is 0 Å². The zero-order chi connectivity index (χ0) is 12.4. The van der Waals surface area contributed by atoms with E-state index in [4.69, 9.17) is 10.8 Å². The van der Waals surface area contributed by atoms with E-state index in [1.807, 2.05) is 0 Å². The average Bonchev–Trinajstić information content (AvgIpc) is 2.67. The van der Waals surface area contributed by atoms with Gasteiger partial charge in [-0.3, -0.25) is 4.68 Å². The molecular formula is C11H12N4O2. The zero-order valence-corrected chi connectivity index (χ0v) is 9.21. The summed E-state index contributed by atoms with van der Waals surface area (Å²) in [6.07, 6.45) is 1.78. The van der Waals surface area contributed by atoms with Crippen molar-refractivity contribution < 1.29 is 9.90 Å². The van der Waals surface area contributed by atoms with Gasteiger partial charge in [0.05, 0.1) is 16.9 Å². The first-order valence-electron chi connectivity index (χ1n) is 4.96. The monoisotopic (exact) mass is 232 g/mol. The van der Waals surface area contributed by atoms with Gasteiger partial charge < -0.3 is 16.2 Å². The molecule has 0 unspecified atom stereocenters. The Kier molecular flexibility index (Phi) is 2.70. The topological polar surface area (TPSA) is 93.2 Å². The zero-order valence-electron chi connectivity index (χ0n) is 9.21. The van der Waals surface area contributed by atoms with Crippen LogP contribution in [0.2, 0.25) is 0 Å². The van der Waals surface area contributed by atoms with Crippen LogP contribution in [-0.4, -0.2) is 20.9 Å². The molecule has 1 aromatic carbocycles. The van der Waals surface area contributed by atoms with Crippen LogP contribution in [0.15, 0.2) is 30.5 Å². The molecule has 17 heavy (non-hydrogen) atoms. The molecule has 1 aromatic heterocycles. The first-order valence-corrected chi connectivity index (χ1v) is 4.96. The number of hydrogen-bond acceptors (Lipinski definition) is 4. The molecule has 0 radical (unpaired) electrons. The number of aromatic nitrogens is 2. The average molecular weight is 232 g/mol. The maximum atomic E-state index is 10.9. The quantitative estimate of drug-likeness (QED) is 0.696. The maximum Gasteiger partial charge on any atom is 0.337 e. The number of aryl methyl sites for hydroxylation is 1. The predicted octanol–water partition coefficient (Wildman–Crippen LogP) is 1.44. The molecule has 0 atom stereocenters. The number of nitrogens with two attached hydrogens (primary N) is 1. The number of anilines is 3. The van der Waals surface area contributed by atoms with E-state index < -0.39 is 5.97 Å². The highest BCUT2D eigenvalue weighted by atomic mass is 16.4. The Hall–Kier alpha value is -2.50. The molecule has 0 aliphatic carbocycles. The summed E-state index contributed by atoms with van der Waals surface area (Å²) in [4.78, 5) is 10.9. The van der Waals surface area contributed by atoms with Gasteiger partial charge in [0.15, 0.2) is 5.82 Å². The van der Waals surface area contributed by atoms with E-state index in [2.05, 4.69) is 10.4 Å². The molecule has 0 saturated carbocycles. The molecule has 1 heterocycles. The van der Waals surface area contributed by atoms with Crippen molar-refractivity contribution in [3.63, 3.8) is 0 Å². The predicted molar refractivity (Wildman–Crippen MR) is 64.3 cm³/mol. The number of carboxylic acid groups (broad SMARTS) is 1. The fourth-order valence-corrected chi connectivity index (χ4v) is 1.48. The molecule has 0 aliphatic rings. The lowest BCUT2D eigenvalue weighted by Gasteiger charge is -2.08. The van der Waals surface area contributed by atoms with Crippen molar-refractivity contribution in [3.8, 4) is 0 Å². The third-order valence-corrected chi connectivity index (χ3v) is 2.31. The molecule has 88 valence electrons. The number of nitrogens with one attached hydrogen (secondary N) is 1. The number of para-hydroxylation sites is 1. The largest absolute Gasteiger partial charge is 0.478 e. The van der Waals surface area contributed by atoms with Gasteiger partial charge in [-0.25, -0.2) is 4.79 Å². The van der Waals surface area contributed by atoms with E-state index in [1.165, 1.54) is 6.07 Å². The third-order valence-electron chi connectivity index (χ3n) is 2.31. The summed E-state index contributed by atoms with van der Waals surface area (Å²) in [6.45, 7) is 0. The molecule has 0 fully saturated rings. The van der Waals surface area contributed by atoms with Crippen LogP contribution in [0.5, 0.6) is 0 Å². The fraction of sp³-hybridized carbons (Fsp3) is 0.0909. The van der Waals surface area contributed by atoms with Gasteiger partial charge in [0.25, 0.3) is 0 Å². The Balaban J connectivity index is 2.33. The van der Waals surface area contributed by atoms with Crippen molar-refractivity contribution in [1.82, 2.24) is 9.78 Å². The minimum Gasteiger partial charge on any atom is -0.478 e. The number of carboxylic acids is 1. The lowest BCUT2D eigenvalue weighted by Crippen LogP contribution is -2.05. The molecule has 0 amide bonds. The van der Waals surface area contributed by atoms with Crippen molar-refractivity contribution in [2.75, 3.05) is 11.1 Å². The molecule has 2 rings (SSSR count). The second-order valence-electron chi connectivity index (χ2n) is 3.57. The van der Waals surface area contributed by atoms with Gasteiger partial charge in [0, 0.05) is 19.3 Å². The summed E-state index contributed by atoms with van der Waals surface area (Å²) in [7, 11) is 1.79. The maximum absolute atomic E-state index is 10.9.